The zero-order valence-electron chi connectivity index (χ0n) is 77.1. The summed E-state index contributed by atoms with van der Waals surface area (Å²) in [7, 11) is 9.50. The van der Waals surface area contributed by atoms with E-state index in [2.05, 4.69) is 85.5 Å². The van der Waals surface area contributed by atoms with Gasteiger partial charge in [0.05, 0.1) is 90.0 Å². The van der Waals surface area contributed by atoms with Crippen molar-refractivity contribution in [3.63, 3.8) is 0 Å². The van der Waals surface area contributed by atoms with Crippen molar-refractivity contribution in [1.82, 2.24) is 4.90 Å². The van der Waals surface area contributed by atoms with Gasteiger partial charge in [-0.2, -0.15) is 25.3 Å². The molecule has 0 rings (SSSR count). The van der Waals surface area contributed by atoms with Gasteiger partial charge in [0.25, 0.3) is 0 Å². The van der Waals surface area contributed by atoms with Gasteiger partial charge < -0.3 is 53.7 Å². The molecule has 0 amide bonds. The van der Waals surface area contributed by atoms with Gasteiger partial charge in [0, 0.05) is 104 Å². The number of thiol groups is 1. The van der Waals surface area contributed by atoms with Gasteiger partial charge >= 0.3 is 28.1 Å². The predicted octanol–water partition coefficient (Wildman–Crippen LogP) is 25.8. The Hall–Kier alpha value is 1.31. The van der Waals surface area contributed by atoms with Gasteiger partial charge in [0.15, 0.2) is 10.2 Å². The Kier molecular flexibility index (Phi) is 142. The SMILES string of the molecule is C.C=CCCCCCCCCCOCCO.CC(=O)S.CC(=O)SCCCCCCCCCCCOCCO.CCN(CC)CC.O=S(=O)(Cl)OCCOCCCCCCCCCCCSSCCCCCCCCCCCOCCOS(=O)(=O)Cl.O=S(=O)(F)Cl.OCCOCCCCCCCCCCCSSCCCCCCCCCCCOCCO. The number of allylic oxidation sites excluding steroid dienone is 1. The van der Waals surface area contributed by atoms with Crippen molar-refractivity contribution in [2.75, 3.05) is 167 Å². The van der Waals surface area contributed by atoms with E-state index in [9.17, 15) is 30.3 Å². The third-order valence-corrected chi connectivity index (χ3v) is 25.8. The maximum atomic E-state index is 10.7. The molecule has 123 heavy (non-hydrogen) atoms. The average molecular weight is 2000 g/mol. The highest BCUT2D eigenvalue weighted by Crippen LogP contribution is 2.27. The lowest BCUT2D eigenvalue weighted by molar-refractivity contribution is -0.109. The van der Waals surface area contributed by atoms with Crippen molar-refractivity contribution in [2.45, 2.75) is 382 Å². The van der Waals surface area contributed by atoms with Gasteiger partial charge in [-0.1, -0.05) is 350 Å². The van der Waals surface area contributed by atoms with Gasteiger partial charge in [0.2, 0.25) is 0 Å². The monoisotopic (exact) mass is 2000 g/mol. The van der Waals surface area contributed by atoms with Crippen LogP contribution in [0.1, 0.15) is 382 Å². The number of unbranched alkanes of at least 4 members (excludes halogenated alkanes) is 47. The Labute approximate surface area is 794 Å². The minimum absolute atomic E-state index is 0. The van der Waals surface area contributed by atoms with Crippen LogP contribution in [0, 0.1) is 0 Å². The number of aliphatic hydroxyl groups is 4. The first-order chi connectivity index (χ1) is 58.9. The molecule has 0 radical (unpaired) electrons. The lowest BCUT2D eigenvalue weighted by Crippen LogP contribution is -2.21. The zero-order chi connectivity index (χ0) is 92.0. The summed E-state index contributed by atoms with van der Waals surface area (Å²) in [6.07, 6.45) is 70.3. The van der Waals surface area contributed by atoms with Crippen molar-refractivity contribution in [1.29, 1.82) is 0 Å². The summed E-state index contributed by atoms with van der Waals surface area (Å²) in [6, 6.07) is 0. The van der Waals surface area contributed by atoms with Gasteiger partial charge in [0.1, 0.15) is 0 Å². The fraction of sp³-hybridized carbons (Fsp3) is 0.955. The fourth-order valence-electron chi connectivity index (χ4n) is 11.7. The molecule has 34 heteroatoms. The first kappa shape index (κ1) is 140. The molecule has 0 aromatic carbocycles. The van der Waals surface area contributed by atoms with Crippen molar-refractivity contribution in [3.8, 4) is 0 Å². The molecule has 0 aliphatic carbocycles. The van der Waals surface area contributed by atoms with E-state index in [4.69, 9.17) is 78.6 Å². The molecule has 4 N–H and O–H groups in total. The largest absolute Gasteiger partial charge is 0.394 e. The van der Waals surface area contributed by atoms with Crippen LogP contribution in [0.2, 0.25) is 0 Å². The molecule has 0 spiro atoms. The third kappa shape index (κ3) is 177. The molecule has 0 aromatic heterocycles. The summed E-state index contributed by atoms with van der Waals surface area (Å²) in [5.41, 5.74) is 0. The maximum Gasteiger partial charge on any atom is 0.391 e. The topological polar surface area (TPSA) is 295 Å². The van der Waals surface area contributed by atoms with E-state index in [-0.39, 0.29) is 70.5 Å². The van der Waals surface area contributed by atoms with Gasteiger partial charge in [-0.05, 0) is 103 Å². The van der Waals surface area contributed by atoms with E-state index in [0.29, 0.717) is 39.6 Å². The number of nitrogens with zero attached hydrogens (tertiary/aromatic N) is 1. The molecule has 0 heterocycles. The van der Waals surface area contributed by atoms with Crippen LogP contribution in [0.15, 0.2) is 12.7 Å². The molecule has 0 bridgehead atoms. The van der Waals surface area contributed by atoms with E-state index < -0.39 is 28.1 Å². The van der Waals surface area contributed by atoms with Crippen LogP contribution in [0.25, 0.3) is 0 Å². The van der Waals surface area contributed by atoms with Crippen LogP contribution >= 0.6 is 99.6 Å². The molecule has 748 valence electrons. The summed E-state index contributed by atoms with van der Waals surface area (Å²) in [6.45, 7) is 24.3. The quantitative estimate of drug-likeness (QED) is 0.0124. The molecular weight excluding hydrogens is 1820 g/mol. The van der Waals surface area contributed by atoms with E-state index in [0.717, 1.165) is 90.0 Å². The Bertz CT molecular complexity index is 2210. The normalized spacial score (nSPS) is 11.2. The summed E-state index contributed by atoms with van der Waals surface area (Å²) < 4.78 is 111. The standard InChI is InChI=1S/C26H52Cl2O8S4.C26H54O4S2.C15H30O3S.C13H26O2.C6H15N.C2H4OS.CH4.ClFO2S/c27-39(29,30)35-23-21-33-19-15-11-7-3-1-5-9-13-17-25-37-38-26-18-14-10-6-2-4-8-12-16-20-34-22-24-36-40(28,31)32;27-19-23-29-21-15-11-7-3-1-5-9-13-17-25-31-32-26-18-14-10-6-2-4-8-12-16-22-30-24-20-28;1-15(17)19-14-10-8-6-4-2-3-5-7-9-12-18-13-11-16;1-2-3-4-5-6-7-8-9-10-12-15-13-11-14;1-4-7(5-2)6-3;1-2(3)4;;1-5(2,3)4/h1-26H2;27-28H,1-26H2;16H,2-14H2,1H3;2,14H,1,3-13H2;4-6H2,1-3H3;1H3,(H,3,4);1H4;. The highest BCUT2D eigenvalue weighted by atomic mass is 35.7. The zero-order valence-corrected chi connectivity index (χ0v) is 86.8. The molecule has 0 aliphatic heterocycles. The second-order valence-electron chi connectivity index (χ2n) is 29.6. The number of hydrogen-bond acceptors (Lipinski definition) is 26. The Morgan fingerprint density at radius 3 is 0.659 bits per heavy atom. The summed E-state index contributed by atoms with van der Waals surface area (Å²) in [4.78, 5) is 22.4. The smallest absolute Gasteiger partial charge is 0.391 e. The summed E-state index contributed by atoms with van der Waals surface area (Å²) >= 11 is 4.77. The lowest BCUT2D eigenvalue weighted by Gasteiger charge is -2.13. The number of thioether (sulfide) groups is 1. The van der Waals surface area contributed by atoms with Gasteiger partial charge in [-0.15, -0.1) is 19.2 Å². The van der Waals surface area contributed by atoms with Crippen LogP contribution < -0.4 is 0 Å². The minimum Gasteiger partial charge on any atom is -0.394 e. The van der Waals surface area contributed by atoms with Crippen LogP contribution in [0.4, 0.5) is 3.89 Å². The molecule has 0 aliphatic rings. The molecule has 21 nitrogen and oxygen atoms in total. The van der Waals surface area contributed by atoms with Crippen molar-refractivity contribution >= 4 is 138 Å². The molecule has 0 atom stereocenters. The number of halogens is 4. The number of rotatable bonds is 91. The molecule has 0 saturated carbocycles. The van der Waals surface area contributed by atoms with Gasteiger partial charge in [-0.25, -0.2) is 0 Å². The molecular formula is C89H185Cl3FNO20S9. The first-order valence-corrected chi connectivity index (χ1v) is 59.8. The summed E-state index contributed by atoms with van der Waals surface area (Å²) in [5, 5.41) is 34.4. The third-order valence-electron chi connectivity index (χ3n) is 18.4. The van der Waals surface area contributed by atoms with Crippen molar-refractivity contribution < 1.29 is 95.9 Å². The number of carbonyl (C=O) groups is 2. The fourth-order valence-corrected chi connectivity index (χ4v) is 17.8. The van der Waals surface area contributed by atoms with E-state index in [1.807, 2.05) is 27.7 Å². The number of aliphatic hydroxyl groups excluding tert-OH is 4. The molecule has 0 aromatic rings. The predicted molar refractivity (Wildman–Crippen MR) is 538 cm³/mol. The number of ether oxygens (including phenoxy) is 6. The van der Waals surface area contributed by atoms with E-state index in [1.54, 1.807) is 6.92 Å². The molecule has 0 unspecified atom stereocenters. The highest BCUT2D eigenvalue weighted by Gasteiger charge is 2.07. The second kappa shape index (κ2) is 125. The van der Waals surface area contributed by atoms with Crippen LogP contribution in [0.3, 0.4) is 0 Å². The first-order valence-electron chi connectivity index (χ1n) is 46.8. The van der Waals surface area contributed by atoms with E-state index in [1.165, 1.54) is 344 Å². The Balaban J connectivity index is -0.000000235. The lowest BCUT2D eigenvalue weighted by atomic mass is 10.1. The highest BCUT2D eigenvalue weighted by molar-refractivity contribution is 8.77. The van der Waals surface area contributed by atoms with Crippen LogP contribution in [-0.4, -0.2) is 228 Å². The Morgan fingerprint density at radius 2 is 0.496 bits per heavy atom. The minimum atomic E-state index is -4.69. The van der Waals surface area contributed by atoms with Gasteiger partial charge in [-0.3, -0.25) is 18.0 Å². The van der Waals surface area contributed by atoms with Crippen molar-refractivity contribution in [3.05, 3.63) is 12.7 Å². The number of carbonyl (C=O) groups excluding carboxylic acids is 2. The molecule has 0 saturated heterocycles. The maximum absolute atomic E-state index is 10.7. The number of hydrogen-bond donors (Lipinski definition) is 5. The Morgan fingerprint density at radius 1 is 0.325 bits per heavy atom. The van der Waals surface area contributed by atoms with Crippen molar-refractivity contribution in [2.24, 2.45) is 0 Å². The van der Waals surface area contributed by atoms with Crippen LogP contribution in [0.5, 0.6) is 0 Å². The van der Waals surface area contributed by atoms with E-state index >= 15 is 0 Å². The van der Waals surface area contributed by atoms with Crippen LogP contribution in [-0.2, 0) is 74.5 Å². The molecule has 0 fully saturated rings. The summed E-state index contributed by atoms with van der Waals surface area (Å²) in [5.74, 6) is 6.16. The average Bonchev–Trinajstić information content (AvgIpc) is 0.996. The second-order valence-corrected chi connectivity index (χ2v) is 43.1.